The molecular weight excluding hydrogens is 419 g/mol. The molecule has 4 rings (SSSR count). The third kappa shape index (κ3) is 3.52. The fourth-order valence-electron chi connectivity index (χ4n) is 2.77. The molecule has 0 atom stereocenters. The largest absolute Gasteiger partial charge is 0.366 e. The minimum absolute atomic E-state index is 0.241. The molecule has 9 heteroatoms. The highest BCUT2D eigenvalue weighted by atomic mass is 35.5. The Hall–Kier alpha value is -2.74. The summed E-state index contributed by atoms with van der Waals surface area (Å²) in [5, 5.41) is 3.72. The zero-order valence-corrected chi connectivity index (χ0v) is 16.6. The Labute approximate surface area is 173 Å². The summed E-state index contributed by atoms with van der Waals surface area (Å²) in [6, 6.07) is 10.0. The van der Waals surface area contributed by atoms with Crippen LogP contribution in [0.1, 0.15) is 16.1 Å². The summed E-state index contributed by atoms with van der Waals surface area (Å²) in [5.41, 5.74) is 7.45. The molecule has 0 unspecified atom stereocenters. The number of thiazole rings is 1. The quantitative estimate of drug-likeness (QED) is 0.529. The predicted octanol–water partition coefficient (Wildman–Crippen LogP) is 3.97. The van der Waals surface area contributed by atoms with Gasteiger partial charge in [-0.2, -0.15) is 0 Å². The molecule has 0 fully saturated rings. The average molecular weight is 431 g/mol. The van der Waals surface area contributed by atoms with Crippen LogP contribution in [0.25, 0.3) is 21.5 Å². The SMILES string of the molecule is NC(=O)c1ccc(-c2nc(Cn3cnc4c(Cl)cc(Cl)cc4c3=O)cs2)cc1. The molecule has 0 saturated carbocycles. The number of fused-ring (bicyclic) bond motifs is 1. The van der Waals surface area contributed by atoms with Crippen molar-refractivity contribution in [2.45, 2.75) is 6.54 Å². The summed E-state index contributed by atoms with van der Waals surface area (Å²) in [7, 11) is 0. The molecule has 4 aromatic rings. The van der Waals surface area contributed by atoms with Crippen LogP contribution < -0.4 is 11.3 Å². The smallest absolute Gasteiger partial charge is 0.261 e. The molecule has 0 aliphatic heterocycles. The number of primary amides is 1. The van der Waals surface area contributed by atoms with Crippen LogP contribution in [-0.2, 0) is 6.54 Å². The lowest BCUT2D eigenvalue weighted by Crippen LogP contribution is -2.21. The van der Waals surface area contributed by atoms with E-state index in [9.17, 15) is 9.59 Å². The van der Waals surface area contributed by atoms with Gasteiger partial charge >= 0.3 is 0 Å². The molecular formula is C19H12Cl2N4O2S. The Balaban J connectivity index is 1.65. The number of aromatic nitrogens is 3. The monoisotopic (exact) mass is 430 g/mol. The van der Waals surface area contributed by atoms with Gasteiger partial charge in [-0.05, 0) is 24.3 Å². The van der Waals surface area contributed by atoms with Crippen LogP contribution >= 0.6 is 34.5 Å². The van der Waals surface area contributed by atoms with E-state index in [0.717, 1.165) is 16.3 Å². The molecule has 2 N–H and O–H groups in total. The Kier molecular flexibility index (Phi) is 4.89. The third-order valence-corrected chi connectivity index (χ3v) is 5.59. The molecule has 140 valence electrons. The summed E-state index contributed by atoms with van der Waals surface area (Å²) in [6.45, 7) is 0.266. The number of rotatable bonds is 4. The highest BCUT2D eigenvalue weighted by molar-refractivity contribution is 7.13. The van der Waals surface area contributed by atoms with E-state index >= 15 is 0 Å². The summed E-state index contributed by atoms with van der Waals surface area (Å²) in [5.74, 6) is -0.477. The highest BCUT2D eigenvalue weighted by Gasteiger charge is 2.11. The summed E-state index contributed by atoms with van der Waals surface area (Å²) < 4.78 is 1.46. The van der Waals surface area contributed by atoms with Crippen LogP contribution in [0.5, 0.6) is 0 Å². The molecule has 0 aliphatic rings. The van der Waals surface area contributed by atoms with Crippen LogP contribution in [0.15, 0.2) is 52.9 Å². The fourth-order valence-corrected chi connectivity index (χ4v) is 4.13. The number of nitrogens with two attached hydrogens (primary N) is 1. The zero-order valence-electron chi connectivity index (χ0n) is 14.2. The molecule has 0 spiro atoms. The van der Waals surface area contributed by atoms with Gasteiger partial charge in [-0.15, -0.1) is 11.3 Å². The number of halogens is 2. The van der Waals surface area contributed by atoms with Gasteiger partial charge in [0, 0.05) is 21.5 Å². The lowest BCUT2D eigenvalue weighted by Gasteiger charge is -2.06. The van der Waals surface area contributed by atoms with Gasteiger partial charge in [-0.1, -0.05) is 35.3 Å². The number of benzene rings is 2. The summed E-state index contributed by atoms with van der Waals surface area (Å²) in [6.07, 6.45) is 1.45. The van der Waals surface area contributed by atoms with Crippen LogP contribution in [0.2, 0.25) is 10.0 Å². The second-order valence-corrected chi connectivity index (χ2v) is 7.75. The van der Waals surface area contributed by atoms with Crippen LogP contribution in [0.3, 0.4) is 0 Å². The first-order valence-corrected chi connectivity index (χ1v) is 9.75. The van der Waals surface area contributed by atoms with Crippen LogP contribution in [0, 0.1) is 0 Å². The summed E-state index contributed by atoms with van der Waals surface area (Å²) in [4.78, 5) is 32.8. The Bertz CT molecular complexity index is 1270. The minimum Gasteiger partial charge on any atom is -0.366 e. The second-order valence-electron chi connectivity index (χ2n) is 6.05. The van der Waals surface area contributed by atoms with E-state index in [1.54, 1.807) is 36.4 Å². The maximum atomic E-state index is 12.8. The predicted molar refractivity (Wildman–Crippen MR) is 111 cm³/mol. The molecule has 2 aromatic heterocycles. The number of amides is 1. The van der Waals surface area contributed by atoms with Gasteiger partial charge in [0.1, 0.15) is 5.01 Å². The Morgan fingerprint density at radius 2 is 1.93 bits per heavy atom. The van der Waals surface area contributed by atoms with Gasteiger partial charge in [-0.25, -0.2) is 9.97 Å². The number of nitrogens with zero attached hydrogens (tertiary/aromatic N) is 3. The normalized spacial score (nSPS) is 11.1. The van der Waals surface area contributed by atoms with Crippen molar-refractivity contribution in [3.63, 3.8) is 0 Å². The van der Waals surface area contributed by atoms with Crippen molar-refractivity contribution in [3.8, 4) is 10.6 Å². The first-order valence-electron chi connectivity index (χ1n) is 8.11. The molecule has 1 amide bonds. The number of carbonyl (C=O) groups is 1. The average Bonchev–Trinajstić information content (AvgIpc) is 3.13. The van der Waals surface area contributed by atoms with Gasteiger partial charge in [0.25, 0.3) is 5.56 Å². The lowest BCUT2D eigenvalue weighted by atomic mass is 10.1. The fraction of sp³-hybridized carbons (Fsp3) is 0.0526. The molecule has 6 nitrogen and oxygen atoms in total. The van der Waals surface area contributed by atoms with Crippen molar-refractivity contribution in [3.05, 3.63) is 79.8 Å². The zero-order chi connectivity index (χ0) is 19.8. The van der Waals surface area contributed by atoms with Crippen molar-refractivity contribution in [1.29, 1.82) is 0 Å². The number of hydrogen-bond acceptors (Lipinski definition) is 5. The van der Waals surface area contributed by atoms with Crippen molar-refractivity contribution in [2.24, 2.45) is 5.73 Å². The molecule has 28 heavy (non-hydrogen) atoms. The maximum absolute atomic E-state index is 12.8. The van der Waals surface area contributed by atoms with Gasteiger partial charge in [0.05, 0.1) is 34.5 Å². The highest BCUT2D eigenvalue weighted by Crippen LogP contribution is 2.26. The topological polar surface area (TPSA) is 90.9 Å². The van der Waals surface area contributed by atoms with E-state index in [4.69, 9.17) is 28.9 Å². The van der Waals surface area contributed by atoms with Gasteiger partial charge in [-0.3, -0.25) is 14.2 Å². The van der Waals surface area contributed by atoms with E-state index < -0.39 is 5.91 Å². The van der Waals surface area contributed by atoms with Gasteiger partial charge in [0.2, 0.25) is 5.91 Å². The van der Waals surface area contributed by atoms with E-state index in [1.807, 2.05) is 5.38 Å². The summed E-state index contributed by atoms with van der Waals surface area (Å²) >= 11 is 13.6. The molecule has 0 saturated heterocycles. The van der Waals surface area contributed by atoms with Crippen LogP contribution in [-0.4, -0.2) is 20.4 Å². The first-order chi connectivity index (χ1) is 13.4. The van der Waals surface area contributed by atoms with Crippen molar-refractivity contribution in [1.82, 2.24) is 14.5 Å². The first kappa shape index (κ1) is 18.6. The lowest BCUT2D eigenvalue weighted by molar-refractivity contribution is 0.100. The number of hydrogen-bond donors (Lipinski definition) is 1. The van der Waals surface area contributed by atoms with Crippen molar-refractivity contribution in [2.75, 3.05) is 0 Å². The molecule has 2 heterocycles. The molecule has 0 aliphatic carbocycles. The molecule has 0 bridgehead atoms. The van der Waals surface area contributed by atoms with Crippen molar-refractivity contribution >= 4 is 51.3 Å². The van der Waals surface area contributed by atoms with E-state index in [-0.39, 0.29) is 12.1 Å². The molecule has 0 radical (unpaired) electrons. The van der Waals surface area contributed by atoms with Crippen LogP contribution in [0.4, 0.5) is 0 Å². The van der Waals surface area contributed by atoms with E-state index in [0.29, 0.717) is 26.5 Å². The Morgan fingerprint density at radius 1 is 1.18 bits per heavy atom. The molecule has 2 aromatic carbocycles. The van der Waals surface area contributed by atoms with E-state index in [1.165, 1.54) is 22.2 Å². The van der Waals surface area contributed by atoms with Gasteiger partial charge in [0.15, 0.2) is 0 Å². The Morgan fingerprint density at radius 3 is 2.64 bits per heavy atom. The second kappa shape index (κ2) is 7.35. The van der Waals surface area contributed by atoms with E-state index in [2.05, 4.69) is 9.97 Å². The third-order valence-electron chi connectivity index (χ3n) is 4.15. The van der Waals surface area contributed by atoms with Gasteiger partial charge < -0.3 is 5.73 Å². The minimum atomic E-state index is -0.477. The van der Waals surface area contributed by atoms with Crippen molar-refractivity contribution < 1.29 is 4.79 Å². The maximum Gasteiger partial charge on any atom is 0.261 e. The standard InChI is InChI=1S/C19H12Cl2N4O2S/c20-12-5-14-16(15(21)6-12)23-9-25(19(14)27)7-13-8-28-18(24-13)11-3-1-10(2-4-11)17(22)26/h1-6,8-9H,7H2,(H2,22,26). The number of carbonyl (C=O) groups excluding carboxylic acids is 1.